The van der Waals surface area contributed by atoms with E-state index in [1.807, 2.05) is 31.2 Å². The molecule has 7 atom stereocenters. The van der Waals surface area contributed by atoms with Gasteiger partial charge in [-0.25, -0.2) is 0 Å². The highest BCUT2D eigenvalue weighted by molar-refractivity contribution is 5.98. The van der Waals surface area contributed by atoms with Crippen LogP contribution in [0.1, 0.15) is 68.7 Å². The van der Waals surface area contributed by atoms with Gasteiger partial charge in [-0.05, 0) is 60.2 Å². The number of aromatic amines is 1. The number of carboxylic acid groups (broad SMARTS) is 1. The number of carbonyl (C=O) groups is 10. The van der Waals surface area contributed by atoms with Gasteiger partial charge in [-0.1, -0.05) is 111 Å². The number of benzene rings is 4. The van der Waals surface area contributed by atoms with Crippen LogP contribution in [0.15, 0.2) is 115 Å². The minimum atomic E-state index is -1.77. The van der Waals surface area contributed by atoms with E-state index >= 15 is 0 Å². The fourth-order valence-electron chi connectivity index (χ4n) is 8.50. The molecule has 5 rings (SSSR count). The number of nitrogens with zero attached hydrogens (tertiary/aromatic N) is 1. The number of para-hydroxylation sites is 1. The topological polar surface area (TPSA) is 352 Å². The van der Waals surface area contributed by atoms with Crippen molar-refractivity contribution in [3.8, 4) is 5.75 Å². The number of hydrazine groups is 1. The molecule has 13 N–H and O–H groups in total. The quantitative estimate of drug-likeness (QED) is 0.0307. The van der Waals surface area contributed by atoms with E-state index in [-0.39, 0.29) is 37.9 Å². The van der Waals surface area contributed by atoms with Crippen LogP contribution in [0.5, 0.6) is 5.75 Å². The number of aliphatic carboxylic acids is 1. The van der Waals surface area contributed by atoms with Crippen molar-refractivity contribution in [1.29, 1.82) is 0 Å². The third-order valence-electron chi connectivity index (χ3n) is 12.8. The van der Waals surface area contributed by atoms with Crippen molar-refractivity contribution in [2.45, 2.75) is 114 Å². The first-order valence-electron chi connectivity index (χ1n) is 25.7. The number of phenolic OH excluding ortho intramolecular Hbond substituents is 1. The number of nitrogens with one attached hydrogen (secondary N) is 9. The van der Waals surface area contributed by atoms with Gasteiger partial charge in [0.1, 0.15) is 42.0 Å². The Balaban J connectivity index is 1.27. The summed E-state index contributed by atoms with van der Waals surface area (Å²) >= 11 is 0. The van der Waals surface area contributed by atoms with Crippen molar-refractivity contribution in [2.24, 2.45) is 5.73 Å². The maximum atomic E-state index is 14.4. The van der Waals surface area contributed by atoms with Crippen LogP contribution in [0.2, 0.25) is 0 Å². The number of fused-ring (bicyclic) bond motifs is 1. The molecule has 0 bridgehead atoms. The average Bonchev–Trinajstić information content (AvgIpc) is 3.85. The molecule has 420 valence electrons. The Morgan fingerprint density at radius 2 is 1.18 bits per heavy atom. The van der Waals surface area contributed by atoms with Gasteiger partial charge in [-0.3, -0.25) is 58.8 Å². The molecule has 0 aliphatic rings. The van der Waals surface area contributed by atoms with Crippen LogP contribution in [-0.2, 0) is 73.6 Å². The van der Waals surface area contributed by atoms with Crippen molar-refractivity contribution in [3.63, 3.8) is 0 Å². The van der Waals surface area contributed by atoms with Crippen LogP contribution in [0.3, 0.4) is 0 Å². The summed E-state index contributed by atoms with van der Waals surface area (Å²) in [6.45, 7) is 3.87. The largest absolute Gasteiger partial charge is 0.508 e. The molecule has 0 aliphatic carbocycles. The van der Waals surface area contributed by atoms with E-state index in [2.05, 4.69) is 47.7 Å². The zero-order valence-corrected chi connectivity index (χ0v) is 44.4. The Labute approximate surface area is 456 Å². The first-order valence-corrected chi connectivity index (χ1v) is 25.7. The number of nitrogens with two attached hydrogens (primary N) is 1. The highest BCUT2D eigenvalue weighted by Gasteiger charge is 2.36. The molecule has 23 nitrogen and oxygen atoms in total. The van der Waals surface area contributed by atoms with Gasteiger partial charge < -0.3 is 57.7 Å². The van der Waals surface area contributed by atoms with Gasteiger partial charge in [0.05, 0.1) is 19.0 Å². The van der Waals surface area contributed by atoms with Gasteiger partial charge >= 0.3 is 5.97 Å². The molecule has 5 aromatic rings. The molecule has 0 saturated carbocycles. The molecule has 9 amide bonds. The van der Waals surface area contributed by atoms with Gasteiger partial charge in [0, 0.05) is 50.3 Å². The maximum Gasteiger partial charge on any atom is 0.305 e. The number of aromatic nitrogens is 1. The number of aromatic hydroxyl groups is 1. The molecule has 0 radical (unpaired) electrons. The summed E-state index contributed by atoms with van der Waals surface area (Å²) in [7, 11) is 1.22. The van der Waals surface area contributed by atoms with Gasteiger partial charge in [0.2, 0.25) is 41.4 Å². The Morgan fingerprint density at radius 3 is 1.81 bits per heavy atom. The predicted molar refractivity (Wildman–Crippen MR) is 291 cm³/mol. The number of rotatable bonds is 28. The first kappa shape index (κ1) is 60.7. The summed E-state index contributed by atoms with van der Waals surface area (Å²) in [5, 5.41) is 35.6. The Hall–Kier alpha value is -9.12. The van der Waals surface area contributed by atoms with Crippen molar-refractivity contribution in [3.05, 3.63) is 138 Å². The van der Waals surface area contributed by atoms with Crippen LogP contribution in [0.25, 0.3) is 10.9 Å². The second-order valence-corrected chi connectivity index (χ2v) is 19.0. The van der Waals surface area contributed by atoms with E-state index < -0.39 is 114 Å². The fraction of sp³-hybridized carbons (Fsp3) is 0.357. The number of unbranched alkanes of at least 4 members (excludes halogenated alkanes) is 1. The van der Waals surface area contributed by atoms with Crippen LogP contribution in [0.4, 0.5) is 0 Å². The second-order valence-electron chi connectivity index (χ2n) is 19.0. The third kappa shape index (κ3) is 19.1. The fourth-order valence-corrected chi connectivity index (χ4v) is 8.50. The van der Waals surface area contributed by atoms with Gasteiger partial charge in [0.25, 0.3) is 11.8 Å². The maximum absolute atomic E-state index is 14.4. The van der Waals surface area contributed by atoms with Gasteiger partial charge in [-0.2, -0.15) is 0 Å². The van der Waals surface area contributed by atoms with Crippen LogP contribution < -0.4 is 48.5 Å². The lowest BCUT2D eigenvalue weighted by Crippen LogP contribution is -2.61. The van der Waals surface area contributed by atoms with Crippen molar-refractivity contribution in [2.75, 3.05) is 13.6 Å². The molecule has 0 spiro atoms. The lowest BCUT2D eigenvalue weighted by atomic mass is 10.0. The minimum absolute atomic E-state index is 0.0434. The monoisotopic (exact) mass is 1090 g/mol. The van der Waals surface area contributed by atoms with Crippen LogP contribution in [-0.4, -0.2) is 135 Å². The van der Waals surface area contributed by atoms with Gasteiger partial charge in [0.15, 0.2) is 0 Å². The summed E-state index contributed by atoms with van der Waals surface area (Å²) in [6, 6.07) is 21.3. The zero-order chi connectivity index (χ0) is 57.6. The normalized spacial score (nSPS) is 13.6. The SMILES string of the molecule is CCCC[C@H](NC(=O)[C@H](Cc1c[nH]c2ccccc12)NC(C)=O)C(=O)N[C@@H](CC(=O)O)C(=O)N(C)[C@@H](Cc1ccccc1)C(=O)NNC(=O)[C@H](Cc1ccccc1)NC(=O)CNC(=O)[C@@H](C)NC(=O)[C@@H](N)Cc1ccc(O)cc1. The minimum Gasteiger partial charge on any atom is -0.508 e. The summed E-state index contributed by atoms with van der Waals surface area (Å²) < 4.78 is 0. The van der Waals surface area contributed by atoms with E-state index in [4.69, 9.17) is 5.73 Å². The molecule has 0 saturated heterocycles. The number of amides is 9. The smallest absolute Gasteiger partial charge is 0.305 e. The van der Waals surface area contributed by atoms with Crippen LogP contribution in [0, 0.1) is 0 Å². The summed E-state index contributed by atoms with van der Waals surface area (Å²) in [5.74, 6) is -8.58. The lowest BCUT2D eigenvalue weighted by Gasteiger charge is -2.31. The van der Waals surface area contributed by atoms with Crippen LogP contribution >= 0.6 is 0 Å². The van der Waals surface area contributed by atoms with Gasteiger partial charge in [-0.15, -0.1) is 0 Å². The molecular formula is C56H69N11O12. The Kier molecular flexibility index (Phi) is 23.1. The predicted octanol–water partition coefficient (Wildman–Crippen LogP) is 0.691. The zero-order valence-electron chi connectivity index (χ0n) is 44.4. The number of hydrogen-bond donors (Lipinski definition) is 12. The number of H-pyrrole nitrogens is 1. The van der Waals surface area contributed by atoms with E-state index in [0.717, 1.165) is 21.4 Å². The highest BCUT2D eigenvalue weighted by atomic mass is 16.4. The Morgan fingerprint density at radius 1 is 0.608 bits per heavy atom. The van der Waals surface area contributed by atoms with E-state index in [0.29, 0.717) is 29.5 Å². The number of carboxylic acids is 1. The number of carbonyl (C=O) groups excluding carboxylic acids is 9. The van der Waals surface area contributed by atoms with E-state index in [9.17, 15) is 58.2 Å². The number of likely N-dealkylation sites (N-methyl/N-ethyl adjacent to an activating group) is 1. The molecule has 0 fully saturated rings. The van der Waals surface area contributed by atoms with Crippen molar-refractivity contribution >= 4 is 70.0 Å². The molecule has 23 heteroatoms. The average molecular weight is 1090 g/mol. The third-order valence-corrected chi connectivity index (χ3v) is 12.8. The molecule has 0 aliphatic heterocycles. The Bertz CT molecular complexity index is 2920. The molecule has 4 aromatic carbocycles. The molecule has 0 unspecified atom stereocenters. The lowest BCUT2D eigenvalue weighted by molar-refractivity contribution is -0.146. The molecule has 79 heavy (non-hydrogen) atoms. The van der Waals surface area contributed by atoms with E-state index in [1.54, 1.807) is 79.0 Å². The highest BCUT2D eigenvalue weighted by Crippen LogP contribution is 2.20. The number of hydrogen-bond acceptors (Lipinski definition) is 12. The summed E-state index contributed by atoms with van der Waals surface area (Å²) in [4.78, 5) is 138. The summed E-state index contributed by atoms with van der Waals surface area (Å²) in [6.07, 6.45) is 1.81. The standard InChI is InChI=1S/C56H69N11O12/c1-5-6-20-43(63-53(76)45(61-34(3)68)29-38-31-58-42-21-14-13-19-40(38)42)52(75)64-46(30-49(71)72)56(79)67(4)47(28-36-17-11-8-12-18-36)55(78)66-65-54(77)44(27-35-15-9-7-10-16-35)62-48(70)32-59-50(73)33(2)60-51(74)41(57)26-37-22-24-39(69)25-23-37/h7-19,21-25,31,33,41,43-47,58,69H,5-6,20,26-30,32,57H2,1-4H3,(H,59,73)(H,60,74)(H,61,68)(H,62,70)(H,63,76)(H,64,75)(H,65,77)(H,66,78)(H,71,72)/t33-,41+,43+,44+,45+,46+,47+/m1/s1. The first-order chi connectivity index (χ1) is 37.7. The molecule has 1 aromatic heterocycles. The van der Waals surface area contributed by atoms with E-state index in [1.165, 1.54) is 33.0 Å². The van der Waals surface area contributed by atoms with Crippen molar-refractivity contribution in [1.82, 2.24) is 52.6 Å². The molecule has 1 heterocycles. The second kappa shape index (κ2) is 30.0. The van der Waals surface area contributed by atoms with Crippen molar-refractivity contribution < 1.29 is 58.2 Å². The summed E-state index contributed by atoms with van der Waals surface area (Å²) in [5.41, 5.74) is 14.0. The molecular weight excluding hydrogens is 1020 g/mol. The number of phenols is 1.